The molecule has 0 atom stereocenters. The highest BCUT2D eigenvalue weighted by molar-refractivity contribution is 5.80. The van der Waals surface area contributed by atoms with Gasteiger partial charge in [-0.2, -0.15) is 0 Å². The van der Waals surface area contributed by atoms with E-state index in [1.165, 1.54) is 0 Å². The Balaban J connectivity index is 1.41. The molecule has 0 saturated carbocycles. The summed E-state index contributed by atoms with van der Waals surface area (Å²) in [4.78, 5) is 13.1. The van der Waals surface area contributed by atoms with E-state index in [9.17, 15) is 0 Å². The monoisotopic (exact) mass is 350 g/mol. The molecule has 5 nitrogen and oxygen atoms in total. The van der Waals surface area contributed by atoms with Crippen molar-refractivity contribution >= 4 is 11.0 Å². The zero-order valence-corrected chi connectivity index (χ0v) is 15.3. The molecule has 1 aliphatic heterocycles. The number of piperazine rings is 1. The number of aromatic amines is 1. The first-order chi connectivity index (χ1) is 12.8. The van der Waals surface area contributed by atoms with Gasteiger partial charge in [0.2, 0.25) is 0 Å². The lowest BCUT2D eigenvalue weighted by atomic mass is 10.2. The second kappa shape index (κ2) is 7.89. The predicted octanol–water partition coefficient (Wildman–Crippen LogP) is 3.25. The first-order valence-corrected chi connectivity index (χ1v) is 9.45. The van der Waals surface area contributed by atoms with E-state index >= 15 is 0 Å². The van der Waals surface area contributed by atoms with E-state index in [1.807, 2.05) is 42.5 Å². The summed E-state index contributed by atoms with van der Waals surface area (Å²) in [6.45, 7) is 9.61. The van der Waals surface area contributed by atoms with Gasteiger partial charge in [-0.25, -0.2) is 4.98 Å². The average molecular weight is 350 g/mol. The van der Waals surface area contributed by atoms with Crippen molar-refractivity contribution in [2.45, 2.75) is 6.92 Å². The number of benzene rings is 2. The van der Waals surface area contributed by atoms with Gasteiger partial charge in [-0.3, -0.25) is 4.90 Å². The smallest absolute Gasteiger partial charge is 0.142 e. The number of para-hydroxylation sites is 3. The van der Waals surface area contributed by atoms with Crippen LogP contribution in [0.3, 0.4) is 0 Å². The summed E-state index contributed by atoms with van der Waals surface area (Å²) in [5.74, 6) is 1.75. The second-order valence-electron chi connectivity index (χ2n) is 6.72. The molecule has 0 bridgehead atoms. The molecule has 0 unspecified atom stereocenters. The summed E-state index contributed by atoms with van der Waals surface area (Å²) in [5.41, 5.74) is 3.04. The van der Waals surface area contributed by atoms with Gasteiger partial charge in [-0.1, -0.05) is 31.2 Å². The van der Waals surface area contributed by atoms with E-state index < -0.39 is 0 Å². The number of likely N-dealkylation sites (N-methyl/N-ethyl adjacent to an activating group) is 1. The molecular formula is C21H26N4O. The van der Waals surface area contributed by atoms with Crippen molar-refractivity contribution in [3.05, 3.63) is 48.5 Å². The van der Waals surface area contributed by atoms with E-state index in [1.54, 1.807) is 0 Å². The molecule has 0 aliphatic carbocycles. The van der Waals surface area contributed by atoms with Crippen molar-refractivity contribution < 1.29 is 4.74 Å². The highest BCUT2D eigenvalue weighted by Gasteiger charge is 2.16. The lowest BCUT2D eigenvalue weighted by Gasteiger charge is -2.33. The Hall–Kier alpha value is -2.37. The van der Waals surface area contributed by atoms with Crippen molar-refractivity contribution in [3.8, 4) is 17.1 Å². The number of hydrogen-bond acceptors (Lipinski definition) is 4. The van der Waals surface area contributed by atoms with E-state index in [4.69, 9.17) is 9.72 Å². The van der Waals surface area contributed by atoms with Crippen LogP contribution in [0.1, 0.15) is 6.92 Å². The molecule has 4 rings (SSSR count). The summed E-state index contributed by atoms with van der Waals surface area (Å²) < 4.78 is 6.13. The fourth-order valence-electron chi connectivity index (χ4n) is 3.48. The predicted molar refractivity (Wildman–Crippen MR) is 106 cm³/mol. The molecule has 5 heteroatoms. The number of aromatic nitrogens is 2. The lowest BCUT2D eigenvalue weighted by molar-refractivity contribution is 0.121. The molecule has 0 radical (unpaired) electrons. The van der Waals surface area contributed by atoms with Crippen molar-refractivity contribution in [2.75, 3.05) is 45.9 Å². The fraction of sp³-hybridized carbons (Fsp3) is 0.381. The maximum absolute atomic E-state index is 6.13. The third-order valence-corrected chi connectivity index (χ3v) is 5.11. The van der Waals surface area contributed by atoms with Gasteiger partial charge < -0.3 is 14.6 Å². The minimum Gasteiger partial charge on any atom is -0.491 e. The number of imidazole rings is 1. The van der Waals surface area contributed by atoms with Gasteiger partial charge >= 0.3 is 0 Å². The molecule has 26 heavy (non-hydrogen) atoms. The van der Waals surface area contributed by atoms with Crippen LogP contribution in [0, 0.1) is 0 Å². The lowest BCUT2D eigenvalue weighted by Crippen LogP contribution is -2.47. The van der Waals surface area contributed by atoms with Gasteiger partial charge in [0.25, 0.3) is 0 Å². The summed E-state index contributed by atoms with van der Waals surface area (Å²) in [6, 6.07) is 16.2. The molecule has 1 aliphatic rings. The van der Waals surface area contributed by atoms with Gasteiger partial charge in [0.05, 0.1) is 16.6 Å². The first kappa shape index (κ1) is 17.1. The molecular weight excluding hydrogens is 324 g/mol. The maximum Gasteiger partial charge on any atom is 0.142 e. The van der Waals surface area contributed by atoms with Crippen molar-refractivity contribution in [3.63, 3.8) is 0 Å². The zero-order valence-electron chi connectivity index (χ0n) is 15.3. The summed E-state index contributed by atoms with van der Waals surface area (Å²) >= 11 is 0. The number of nitrogens with zero attached hydrogens (tertiary/aromatic N) is 3. The number of hydrogen-bond donors (Lipinski definition) is 1. The van der Waals surface area contributed by atoms with Crippen LogP contribution in [0.5, 0.6) is 5.75 Å². The minimum atomic E-state index is 0.698. The van der Waals surface area contributed by atoms with Crippen molar-refractivity contribution in [1.82, 2.24) is 19.8 Å². The van der Waals surface area contributed by atoms with E-state index in [2.05, 4.69) is 27.8 Å². The maximum atomic E-state index is 6.13. The van der Waals surface area contributed by atoms with Gasteiger partial charge in [0.1, 0.15) is 18.2 Å². The molecule has 0 spiro atoms. The third-order valence-electron chi connectivity index (χ3n) is 5.11. The van der Waals surface area contributed by atoms with Gasteiger partial charge in [0, 0.05) is 32.7 Å². The Labute approximate surface area is 154 Å². The van der Waals surface area contributed by atoms with Crippen LogP contribution in [-0.2, 0) is 0 Å². The van der Waals surface area contributed by atoms with E-state index in [0.717, 1.165) is 67.4 Å². The number of H-pyrrole nitrogens is 1. The molecule has 136 valence electrons. The highest BCUT2D eigenvalue weighted by atomic mass is 16.5. The Morgan fingerprint density at radius 1 is 0.962 bits per heavy atom. The molecule has 0 amide bonds. The van der Waals surface area contributed by atoms with Crippen LogP contribution in [0.2, 0.25) is 0 Å². The Morgan fingerprint density at radius 3 is 2.50 bits per heavy atom. The van der Waals surface area contributed by atoms with Gasteiger partial charge in [-0.15, -0.1) is 0 Å². The topological polar surface area (TPSA) is 44.4 Å². The SMILES string of the molecule is CCN1CCN(CCOc2ccccc2-c2nc3ccccc3[nH]2)CC1. The van der Waals surface area contributed by atoms with Crippen LogP contribution < -0.4 is 4.74 Å². The second-order valence-corrected chi connectivity index (χ2v) is 6.72. The zero-order chi connectivity index (χ0) is 17.8. The molecule has 2 heterocycles. The molecule has 2 aromatic carbocycles. The molecule has 1 N–H and O–H groups in total. The fourth-order valence-corrected chi connectivity index (χ4v) is 3.48. The third kappa shape index (κ3) is 3.74. The molecule has 1 saturated heterocycles. The van der Waals surface area contributed by atoms with Gasteiger partial charge in [-0.05, 0) is 30.8 Å². The van der Waals surface area contributed by atoms with Crippen LogP contribution in [-0.4, -0.2) is 65.6 Å². The number of rotatable bonds is 6. The quantitative estimate of drug-likeness (QED) is 0.741. The first-order valence-electron chi connectivity index (χ1n) is 9.45. The summed E-state index contributed by atoms with van der Waals surface area (Å²) in [5, 5.41) is 0. The normalized spacial score (nSPS) is 16.2. The average Bonchev–Trinajstić information content (AvgIpc) is 3.13. The van der Waals surface area contributed by atoms with Crippen molar-refractivity contribution in [1.29, 1.82) is 0 Å². The van der Waals surface area contributed by atoms with Crippen molar-refractivity contribution in [2.24, 2.45) is 0 Å². The number of ether oxygens (including phenoxy) is 1. The standard InChI is InChI=1S/C21H26N4O/c1-2-24-11-13-25(14-12-24)15-16-26-20-10-6-3-7-17(20)21-22-18-8-4-5-9-19(18)23-21/h3-10H,2,11-16H2,1H3,(H,22,23). The Bertz CT molecular complexity index is 819. The van der Waals surface area contributed by atoms with Gasteiger partial charge in [0.15, 0.2) is 0 Å². The molecule has 1 fully saturated rings. The summed E-state index contributed by atoms with van der Waals surface area (Å²) in [6.07, 6.45) is 0. The van der Waals surface area contributed by atoms with E-state index in [-0.39, 0.29) is 0 Å². The summed E-state index contributed by atoms with van der Waals surface area (Å²) in [7, 11) is 0. The Kier molecular flexibility index (Phi) is 5.18. The minimum absolute atomic E-state index is 0.698. The molecule has 3 aromatic rings. The number of nitrogens with one attached hydrogen (secondary N) is 1. The van der Waals surface area contributed by atoms with Crippen LogP contribution >= 0.6 is 0 Å². The van der Waals surface area contributed by atoms with Crippen LogP contribution in [0.25, 0.3) is 22.4 Å². The highest BCUT2D eigenvalue weighted by Crippen LogP contribution is 2.29. The molecule has 1 aromatic heterocycles. The largest absolute Gasteiger partial charge is 0.491 e. The van der Waals surface area contributed by atoms with Crippen LogP contribution in [0.4, 0.5) is 0 Å². The number of fused-ring (bicyclic) bond motifs is 1. The van der Waals surface area contributed by atoms with Crippen LogP contribution in [0.15, 0.2) is 48.5 Å². The Morgan fingerprint density at radius 2 is 1.69 bits per heavy atom. The van der Waals surface area contributed by atoms with E-state index in [0.29, 0.717) is 6.61 Å².